The summed E-state index contributed by atoms with van der Waals surface area (Å²) in [6.45, 7) is 1.91. The number of benzene rings is 1. The summed E-state index contributed by atoms with van der Waals surface area (Å²) in [6.07, 6.45) is 1.84. The van der Waals surface area contributed by atoms with Crippen LogP contribution in [-0.4, -0.2) is 9.38 Å². The Kier molecular flexibility index (Phi) is 2.78. The van der Waals surface area contributed by atoms with Crippen LogP contribution in [-0.2, 0) is 0 Å². The first-order chi connectivity index (χ1) is 9.06. The van der Waals surface area contributed by atoms with E-state index < -0.39 is 0 Å². The Morgan fingerprint density at radius 3 is 2.84 bits per heavy atom. The number of aromatic nitrogens is 2. The number of pyridine rings is 1. The zero-order valence-electron chi connectivity index (χ0n) is 10.2. The van der Waals surface area contributed by atoms with Crippen molar-refractivity contribution in [2.24, 2.45) is 0 Å². The van der Waals surface area contributed by atoms with Crippen molar-refractivity contribution in [3.8, 4) is 11.3 Å². The average molecular weight is 320 g/mol. The minimum Gasteiger partial charge on any atom is -0.383 e. The highest BCUT2D eigenvalue weighted by Crippen LogP contribution is 2.30. The number of nitrogen functional groups attached to an aromatic ring is 1. The number of nitrogens with two attached hydrogens (primary N) is 1. The molecule has 0 atom stereocenters. The zero-order chi connectivity index (χ0) is 13.6. The van der Waals surface area contributed by atoms with Crippen molar-refractivity contribution in [1.82, 2.24) is 9.38 Å². The monoisotopic (exact) mass is 319 g/mol. The van der Waals surface area contributed by atoms with Gasteiger partial charge in [0.2, 0.25) is 0 Å². The molecule has 96 valence electrons. The summed E-state index contributed by atoms with van der Waals surface area (Å²) >= 11 is 3.39. The van der Waals surface area contributed by atoms with Crippen molar-refractivity contribution >= 4 is 27.4 Å². The Morgan fingerprint density at radius 2 is 2.05 bits per heavy atom. The van der Waals surface area contributed by atoms with Gasteiger partial charge in [0.1, 0.15) is 23.0 Å². The first kappa shape index (κ1) is 12.2. The van der Waals surface area contributed by atoms with Crippen LogP contribution >= 0.6 is 15.9 Å². The highest BCUT2D eigenvalue weighted by atomic mass is 79.9. The summed E-state index contributed by atoms with van der Waals surface area (Å²) in [5.74, 6) is 0.211. The molecule has 0 saturated heterocycles. The fraction of sp³-hybridized carbons (Fsp3) is 0.0714. The van der Waals surface area contributed by atoms with Gasteiger partial charge in [-0.1, -0.05) is 6.07 Å². The lowest BCUT2D eigenvalue weighted by Gasteiger charge is -2.04. The maximum Gasteiger partial charge on any atom is 0.139 e. The lowest BCUT2D eigenvalue weighted by atomic mass is 10.1. The van der Waals surface area contributed by atoms with Crippen LogP contribution in [0.5, 0.6) is 0 Å². The second kappa shape index (κ2) is 4.35. The fourth-order valence-electron chi connectivity index (χ4n) is 2.08. The Morgan fingerprint density at radius 1 is 1.26 bits per heavy atom. The van der Waals surface area contributed by atoms with E-state index in [1.807, 2.05) is 25.3 Å². The van der Waals surface area contributed by atoms with E-state index in [-0.39, 0.29) is 5.82 Å². The number of hydrogen-bond donors (Lipinski definition) is 1. The van der Waals surface area contributed by atoms with Crippen molar-refractivity contribution in [1.29, 1.82) is 0 Å². The number of fused-ring (bicyclic) bond motifs is 1. The molecule has 3 rings (SSSR count). The van der Waals surface area contributed by atoms with Crippen LogP contribution in [0.3, 0.4) is 0 Å². The smallest absolute Gasteiger partial charge is 0.139 e. The number of hydrogen-bond acceptors (Lipinski definition) is 2. The van der Waals surface area contributed by atoms with Gasteiger partial charge in [0.25, 0.3) is 0 Å². The molecule has 0 unspecified atom stereocenters. The molecule has 0 fully saturated rings. The van der Waals surface area contributed by atoms with Gasteiger partial charge in [-0.15, -0.1) is 0 Å². The first-order valence-electron chi connectivity index (χ1n) is 5.76. The first-order valence-corrected chi connectivity index (χ1v) is 6.55. The largest absolute Gasteiger partial charge is 0.383 e. The molecule has 2 N–H and O–H groups in total. The number of anilines is 1. The van der Waals surface area contributed by atoms with E-state index in [0.29, 0.717) is 11.5 Å². The molecule has 0 aliphatic carbocycles. The second-order valence-corrected chi connectivity index (χ2v) is 5.30. The minimum absolute atomic E-state index is 0.293. The predicted molar refractivity (Wildman–Crippen MR) is 77.4 cm³/mol. The summed E-state index contributed by atoms with van der Waals surface area (Å²) in [4.78, 5) is 4.48. The molecule has 0 spiro atoms. The van der Waals surface area contributed by atoms with E-state index in [1.165, 1.54) is 12.1 Å². The Hall–Kier alpha value is -1.88. The Balaban J connectivity index is 2.31. The van der Waals surface area contributed by atoms with Crippen LogP contribution in [0.4, 0.5) is 10.2 Å². The molecule has 2 aromatic heterocycles. The van der Waals surface area contributed by atoms with Crippen molar-refractivity contribution in [2.75, 3.05) is 5.73 Å². The topological polar surface area (TPSA) is 43.3 Å². The maximum atomic E-state index is 13.4. The van der Waals surface area contributed by atoms with E-state index in [9.17, 15) is 4.39 Å². The summed E-state index contributed by atoms with van der Waals surface area (Å²) < 4.78 is 16.1. The number of aryl methyl sites for hydroxylation is 1. The average Bonchev–Trinajstić information content (AvgIpc) is 2.70. The van der Waals surface area contributed by atoms with Crippen LogP contribution < -0.4 is 5.73 Å². The molecule has 5 heteroatoms. The highest BCUT2D eigenvalue weighted by molar-refractivity contribution is 9.10. The normalized spacial score (nSPS) is 11.1. The van der Waals surface area contributed by atoms with Gasteiger partial charge in [0.05, 0.1) is 0 Å². The Labute approximate surface area is 118 Å². The molecule has 0 amide bonds. The lowest BCUT2D eigenvalue weighted by Crippen LogP contribution is -1.95. The number of rotatable bonds is 1. The third kappa shape index (κ3) is 2.00. The van der Waals surface area contributed by atoms with Crippen molar-refractivity contribution in [3.63, 3.8) is 0 Å². The third-order valence-electron chi connectivity index (χ3n) is 3.07. The van der Waals surface area contributed by atoms with Crippen LogP contribution in [0.2, 0.25) is 0 Å². The summed E-state index contributed by atoms with van der Waals surface area (Å²) in [5.41, 5.74) is 9.12. The summed E-state index contributed by atoms with van der Waals surface area (Å²) in [7, 11) is 0. The van der Waals surface area contributed by atoms with Gasteiger partial charge in [0, 0.05) is 16.2 Å². The molecular weight excluding hydrogens is 309 g/mol. The van der Waals surface area contributed by atoms with Crippen LogP contribution in [0.25, 0.3) is 16.9 Å². The van der Waals surface area contributed by atoms with E-state index >= 15 is 0 Å². The molecule has 2 heterocycles. The number of nitrogens with zero attached hydrogens (tertiary/aromatic N) is 2. The molecule has 0 aliphatic heterocycles. The molecular formula is C14H11BrFN3. The van der Waals surface area contributed by atoms with E-state index in [2.05, 4.69) is 20.9 Å². The standard InChI is InChI=1S/C14H11BrFN3/c1-8-2-4-10(16)6-11(8)13-14(17)19-7-9(15)3-5-12(19)18-13/h2-7H,17H2,1H3. The molecule has 3 aromatic rings. The SMILES string of the molecule is Cc1ccc(F)cc1-c1nc2ccc(Br)cn2c1N. The molecule has 3 nitrogen and oxygen atoms in total. The van der Waals surface area contributed by atoms with Crippen molar-refractivity contribution in [3.05, 3.63) is 52.4 Å². The van der Waals surface area contributed by atoms with Crippen molar-refractivity contribution < 1.29 is 4.39 Å². The van der Waals surface area contributed by atoms with Gasteiger partial charge in [-0.2, -0.15) is 0 Å². The molecule has 0 saturated carbocycles. The van der Waals surface area contributed by atoms with Gasteiger partial charge in [0.15, 0.2) is 0 Å². The van der Waals surface area contributed by atoms with Crippen LogP contribution in [0, 0.1) is 12.7 Å². The van der Waals surface area contributed by atoms with E-state index in [0.717, 1.165) is 21.2 Å². The lowest BCUT2D eigenvalue weighted by molar-refractivity contribution is 0.628. The van der Waals surface area contributed by atoms with E-state index in [1.54, 1.807) is 10.5 Å². The van der Waals surface area contributed by atoms with Crippen molar-refractivity contribution in [2.45, 2.75) is 6.92 Å². The van der Waals surface area contributed by atoms with Crippen LogP contribution in [0.15, 0.2) is 41.0 Å². The van der Waals surface area contributed by atoms with Gasteiger partial charge in [-0.3, -0.25) is 4.40 Å². The van der Waals surface area contributed by atoms with Crippen LogP contribution in [0.1, 0.15) is 5.56 Å². The van der Waals surface area contributed by atoms with Gasteiger partial charge in [-0.25, -0.2) is 9.37 Å². The highest BCUT2D eigenvalue weighted by Gasteiger charge is 2.14. The third-order valence-corrected chi connectivity index (χ3v) is 3.54. The quantitative estimate of drug-likeness (QED) is 0.741. The fourth-order valence-corrected chi connectivity index (χ4v) is 2.42. The molecule has 0 radical (unpaired) electrons. The van der Waals surface area contributed by atoms with E-state index in [4.69, 9.17) is 5.73 Å². The number of halogens is 2. The number of imidazole rings is 1. The molecule has 1 aromatic carbocycles. The summed E-state index contributed by atoms with van der Waals surface area (Å²) in [5, 5.41) is 0. The predicted octanol–water partition coefficient (Wildman–Crippen LogP) is 3.79. The maximum absolute atomic E-state index is 13.4. The van der Waals surface area contributed by atoms with Gasteiger partial charge < -0.3 is 5.73 Å². The molecule has 0 bridgehead atoms. The zero-order valence-corrected chi connectivity index (χ0v) is 11.8. The molecule has 19 heavy (non-hydrogen) atoms. The summed E-state index contributed by atoms with van der Waals surface area (Å²) in [6, 6.07) is 8.37. The Bertz CT molecular complexity index is 780. The van der Waals surface area contributed by atoms with Gasteiger partial charge >= 0.3 is 0 Å². The minimum atomic E-state index is -0.293. The molecule has 0 aliphatic rings. The second-order valence-electron chi connectivity index (χ2n) is 4.38. The van der Waals surface area contributed by atoms with Gasteiger partial charge in [-0.05, 0) is 52.7 Å².